The fourth-order valence-electron chi connectivity index (χ4n) is 5.79. The molecule has 3 aliphatic rings. The topological polar surface area (TPSA) is 37.3 Å². The lowest BCUT2D eigenvalue weighted by molar-refractivity contribution is -0.131. The lowest BCUT2D eigenvalue weighted by atomic mass is 9.46. The zero-order valence-electron chi connectivity index (χ0n) is 13.6. The van der Waals surface area contributed by atoms with Crippen LogP contribution in [-0.4, -0.2) is 11.1 Å². The van der Waals surface area contributed by atoms with Crippen LogP contribution >= 0.6 is 0 Å². The van der Waals surface area contributed by atoms with Gasteiger partial charge in [0.2, 0.25) is 0 Å². The minimum atomic E-state index is -0.806. The van der Waals surface area contributed by atoms with E-state index in [0.29, 0.717) is 16.7 Å². The lowest BCUT2D eigenvalue weighted by Crippen LogP contribution is -2.50. The molecule has 0 aliphatic heterocycles. The third-order valence-electron chi connectivity index (χ3n) is 6.64. The summed E-state index contributed by atoms with van der Waals surface area (Å²) in [5.41, 5.74) is 3.45. The van der Waals surface area contributed by atoms with E-state index >= 15 is 0 Å². The Balaban J connectivity index is 1.93. The van der Waals surface area contributed by atoms with E-state index < -0.39 is 5.97 Å². The van der Waals surface area contributed by atoms with Crippen LogP contribution in [0.2, 0.25) is 0 Å². The molecule has 1 N–H and O–H groups in total. The number of hydrogen-bond acceptors (Lipinski definition) is 1. The maximum atomic E-state index is 10.9. The van der Waals surface area contributed by atoms with Crippen LogP contribution in [0.4, 0.5) is 0 Å². The summed E-state index contributed by atoms with van der Waals surface area (Å²) >= 11 is 0. The monoisotopic (exact) mass is 288 g/mol. The van der Waals surface area contributed by atoms with Crippen molar-refractivity contribution < 1.29 is 9.90 Å². The largest absolute Gasteiger partial charge is 0.478 e. The van der Waals surface area contributed by atoms with Gasteiger partial charge in [-0.2, -0.15) is 0 Å². The molecule has 2 fully saturated rings. The summed E-state index contributed by atoms with van der Waals surface area (Å²) in [4.78, 5) is 10.9. The van der Waals surface area contributed by atoms with Crippen LogP contribution in [0.1, 0.15) is 65.7 Å². The Labute approximate surface area is 128 Å². The fraction of sp³-hybridized carbons (Fsp3) is 0.737. The molecule has 0 amide bonds. The Morgan fingerprint density at radius 1 is 1.24 bits per heavy atom. The van der Waals surface area contributed by atoms with Crippen molar-refractivity contribution in [2.75, 3.05) is 0 Å². The van der Waals surface area contributed by atoms with Gasteiger partial charge in [-0.05, 0) is 66.8 Å². The van der Waals surface area contributed by atoms with Gasteiger partial charge in [-0.3, -0.25) is 0 Å². The third kappa shape index (κ3) is 2.47. The summed E-state index contributed by atoms with van der Waals surface area (Å²) in [5, 5.41) is 8.96. The number of fused-ring (bicyclic) bond motifs is 3. The molecule has 116 valence electrons. The highest BCUT2D eigenvalue weighted by atomic mass is 16.4. The van der Waals surface area contributed by atoms with E-state index in [2.05, 4.69) is 26.8 Å². The average Bonchev–Trinajstić information content (AvgIpc) is 2.36. The Morgan fingerprint density at radius 2 is 2.00 bits per heavy atom. The van der Waals surface area contributed by atoms with E-state index in [1.165, 1.54) is 43.8 Å². The SMILES string of the molecule is CC1(C)CCC[C@@]2(C)[C@@H]3CC/C(=C/C(=O)O)C=C3CC[C@H]12. The van der Waals surface area contributed by atoms with Crippen molar-refractivity contribution in [1.29, 1.82) is 0 Å². The molecule has 0 unspecified atom stereocenters. The first-order valence-corrected chi connectivity index (χ1v) is 8.47. The molecule has 0 saturated heterocycles. The molecule has 0 spiro atoms. The lowest BCUT2D eigenvalue weighted by Gasteiger charge is -2.58. The summed E-state index contributed by atoms with van der Waals surface area (Å²) in [6.07, 6.45) is 12.2. The number of carboxylic acids is 1. The van der Waals surface area contributed by atoms with E-state index in [0.717, 1.165) is 24.3 Å². The Kier molecular flexibility index (Phi) is 3.54. The number of allylic oxidation sites excluding steroid dienone is 3. The normalized spacial score (nSPS) is 40.1. The molecule has 2 heteroatoms. The second-order valence-electron chi connectivity index (χ2n) is 8.31. The first-order chi connectivity index (χ1) is 9.83. The van der Waals surface area contributed by atoms with E-state index in [9.17, 15) is 4.79 Å². The van der Waals surface area contributed by atoms with Crippen molar-refractivity contribution in [2.45, 2.75) is 65.7 Å². The van der Waals surface area contributed by atoms with Gasteiger partial charge in [-0.25, -0.2) is 4.79 Å². The van der Waals surface area contributed by atoms with Crippen molar-refractivity contribution in [3.05, 3.63) is 23.3 Å². The van der Waals surface area contributed by atoms with Gasteiger partial charge < -0.3 is 5.11 Å². The molecule has 2 saturated carbocycles. The smallest absolute Gasteiger partial charge is 0.328 e. The molecule has 0 heterocycles. The number of hydrogen-bond donors (Lipinski definition) is 1. The number of aliphatic carboxylic acids is 1. The van der Waals surface area contributed by atoms with Gasteiger partial charge in [0, 0.05) is 6.08 Å². The first-order valence-electron chi connectivity index (χ1n) is 8.47. The highest BCUT2D eigenvalue weighted by Crippen LogP contribution is 2.62. The quantitative estimate of drug-likeness (QED) is 0.692. The summed E-state index contributed by atoms with van der Waals surface area (Å²) in [6.45, 7) is 7.44. The predicted octanol–water partition coefficient (Wildman–Crippen LogP) is 4.96. The highest BCUT2D eigenvalue weighted by molar-refractivity contribution is 5.81. The minimum Gasteiger partial charge on any atom is -0.478 e. The van der Waals surface area contributed by atoms with E-state index in [4.69, 9.17) is 5.11 Å². The summed E-state index contributed by atoms with van der Waals surface area (Å²) < 4.78 is 0. The Morgan fingerprint density at radius 3 is 2.71 bits per heavy atom. The molecule has 0 radical (unpaired) electrons. The van der Waals surface area contributed by atoms with Crippen LogP contribution < -0.4 is 0 Å². The molecule has 2 nitrogen and oxygen atoms in total. The van der Waals surface area contributed by atoms with Crippen LogP contribution in [0.15, 0.2) is 23.3 Å². The van der Waals surface area contributed by atoms with Gasteiger partial charge in [-0.1, -0.05) is 38.8 Å². The van der Waals surface area contributed by atoms with E-state index in [1.807, 2.05) is 0 Å². The molecular formula is C19H28O2. The summed E-state index contributed by atoms with van der Waals surface area (Å²) in [6, 6.07) is 0. The molecular weight excluding hydrogens is 260 g/mol. The molecule has 3 rings (SSSR count). The summed E-state index contributed by atoms with van der Waals surface area (Å²) in [7, 11) is 0. The van der Waals surface area contributed by atoms with Gasteiger partial charge in [0.25, 0.3) is 0 Å². The molecule has 0 aromatic rings. The average molecular weight is 288 g/mol. The van der Waals surface area contributed by atoms with Crippen LogP contribution in [0.5, 0.6) is 0 Å². The first kappa shape index (κ1) is 14.9. The Hall–Kier alpha value is -1.05. The third-order valence-corrected chi connectivity index (χ3v) is 6.64. The number of carbonyl (C=O) groups is 1. The molecule has 3 atom stereocenters. The van der Waals surface area contributed by atoms with Gasteiger partial charge in [0.1, 0.15) is 0 Å². The Bertz CT molecular complexity index is 512. The maximum Gasteiger partial charge on any atom is 0.328 e. The van der Waals surface area contributed by atoms with Gasteiger partial charge in [0.15, 0.2) is 0 Å². The van der Waals surface area contributed by atoms with Crippen LogP contribution in [0.3, 0.4) is 0 Å². The van der Waals surface area contributed by atoms with Crippen molar-refractivity contribution in [2.24, 2.45) is 22.7 Å². The highest BCUT2D eigenvalue weighted by Gasteiger charge is 2.53. The van der Waals surface area contributed by atoms with Crippen LogP contribution in [0, 0.1) is 22.7 Å². The minimum absolute atomic E-state index is 0.431. The summed E-state index contributed by atoms with van der Waals surface area (Å²) in [5.74, 6) is 0.701. The van der Waals surface area contributed by atoms with Crippen molar-refractivity contribution >= 4 is 5.97 Å². The molecule has 0 bridgehead atoms. The molecule has 21 heavy (non-hydrogen) atoms. The number of carboxylic acid groups (broad SMARTS) is 1. The zero-order valence-corrected chi connectivity index (χ0v) is 13.6. The second-order valence-corrected chi connectivity index (χ2v) is 8.31. The molecule has 3 aliphatic carbocycles. The maximum absolute atomic E-state index is 10.9. The fourth-order valence-corrected chi connectivity index (χ4v) is 5.79. The van der Waals surface area contributed by atoms with E-state index in [1.54, 1.807) is 0 Å². The standard InChI is InChI=1S/C19H28O2/c1-18(2)9-4-10-19(3)15-7-5-13(12-17(20)21)11-14(15)6-8-16(18)19/h11-12,15-16H,4-10H2,1-3H3,(H,20,21)/b13-12-/t15-,16-,19+/m1/s1. The van der Waals surface area contributed by atoms with Crippen molar-refractivity contribution in [3.8, 4) is 0 Å². The van der Waals surface area contributed by atoms with Gasteiger partial charge in [-0.15, -0.1) is 0 Å². The van der Waals surface area contributed by atoms with Crippen molar-refractivity contribution in [1.82, 2.24) is 0 Å². The van der Waals surface area contributed by atoms with Gasteiger partial charge in [0.05, 0.1) is 0 Å². The van der Waals surface area contributed by atoms with Crippen LogP contribution in [-0.2, 0) is 4.79 Å². The molecule has 0 aromatic heterocycles. The van der Waals surface area contributed by atoms with E-state index in [-0.39, 0.29) is 0 Å². The second kappa shape index (κ2) is 5.00. The number of rotatable bonds is 1. The predicted molar refractivity (Wildman–Crippen MR) is 85.0 cm³/mol. The van der Waals surface area contributed by atoms with Crippen molar-refractivity contribution in [3.63, 3.8) is 0 Å². The molecule has 0 aromatic carbocycles. The van der Waals surface area contributed by atoms with Crippen LogP contribution in [0.25, 0.3) is 0 Å². The zero-order chi connectivity index (χ0) is 15.3. The van der Waals surface area contributed by atoms with Gasteiger partial charge >= 0.3 is 5.97 Å².